The Morgan fingerprint density at radius 2 is 1.79 bits per heavy atom. The Labute approximate surface area is 111 Å². The third-order valence-corrected chi connectivity index (χ3v) is 2.74. The summed E-state index contributed by atoms with van der Waals surface area (Å²) in [4.78, 5) is 22.9. The summed E-state index contributed by atoms with van der Waals surface area (Å²) in [6, 6.07) is 13.7. The maximum Gasteiger partial charge on any atom is 0.211 e. The number of ether oxygens (including phenoxy) is 1. The monoisotopic (exact) mass is 255 g/mol. The Hall–Kier alpha value is -2.62. The van der Waals surface area contributed by atoms with Crippen LogP contribution in [0, 0.1) is 0 Å². The van der Waals surface area contributed by atoms with E-state index in [-0.39, 0.29) is 5.78 Å². The fourth-order valence-electron chi connectivity index (χ4n) is 1.77. The lowest BCUT2D eigenvalue weighted by Crippen LogP contribution is -2.06. The van der Waals surface area contributed by atoms with Crippen molar-refractivity contribution in [3.63, 3.8) is 0 Å². The number of benzene rings is 2. The van der Waals surface area contributed by atoms with Crippen molar-refractivity contribution < 1.29 is 14.3 Å². The van der Waals surface area contributed by atoms with Crippen molar-refractivity contribution in [3.05, 3.63) is 59.7 Å². The molecule has 0 saturated carbocycles. The molecule has 0 fully saturated rings. The first-order valence-electron chi connectivity index (χ1n) is 5.74. The summed E-state index contributed by atoms with van der Waals surface area (Å²) >= 11 is 0. The smallest absolute Gasteiger partial charge is 0.211 e. The molecule has 2 aromatic carbocycles. The largest absolute Gasteiger partial charge is 0.497 e. The fourth-order valence-corrected chi connectivity index (χ4v) is 1.77. The van der Waals surface area contributed by atoms with E-state index in [0.717, 1.165) is 0 Å². The quantitative estimate of drug-likeness (QED) is 0.659. The summed E-state index contributed by atoms with van der Waals surface area (Å²) in [5.74, 6) is 0.545. The van der Waals surface area contributed by atoms with Crippen LogP contribution in [-0.2, 0) is 4.79 Å². The van der Waals surface area contributed by atoms with Gasteiger partial charge in [-0.1, -0.05) is 12.1 Å². The van der Waals surface area contributed by atoms with E-state index in [1.807, 2.05) is 0 Å². The van der Waals surface area contributed by atoms with Gasteiger partial charge in [0.25, 0.3) is 0 Å². The molecule has 0 radical (unpaired) electrons. The highest BCUT2D eigenvalue weighted by Crippen LogP contribution is 2.20. The fraction of sp³-hybridized carbons (Fsp3) is 0.0667. The van der Waals surface area contributed by atoms with Gasteiger partial charge >= 0.3 is 0 Å². The summed E-state index contributed by atoms with van der Waals surface area (Å²) in [5, 5.41) is 2.52. The first-order valence-corrected chi connectivity index (χ1v) is 5.74. The molecule has 0 unspecified atom stereocenters. The SMILES string of the molecule is COc1ccc(C(=O)c2ccccc2NC=O)cc1. The zero-order chi connectivity index (χ0) is 13.7. The molecule has 2 aromatic rings. The van der Waals surface area contributed by atoms with Gasteiger partial charge in [-0.2, -0.15) is 0 Å². The highest BCUT2D eigenvalue weighted by atomic mass is 16.5. The van der Waals surface area contributed by atoms with Crippen molar-refractivity contribution >= 4 is 17.9 Å². The van der Waals surface area contributed by atoms with Crippen LogP contribution in [-0.4, -0.2) is 19.3 Å². The molecule has 0 aliphatic carbocycles. The lowest BCUT2D eigenvalue weighted by Gasteiger charge is -2.07. The molecule has 4 nitrogen and oxygen atoms in total. The highest BCUT2D eigenvalue weighted by Gasteiger charge is 2.12. The number of rotatable bonds is 5. The molecule has 0 atom stereocenters. The van der Waals surface area contributed by atoms with Crippen LogP contribution in [0.4, 0.5) is 5.69 Å². The first kappa shape index (κ1) is 12.8. The number of methoxy groups -OCH3 is 1. The second-order valence-corrected chi connectivity index (χ2v) is 3.87. The molecule has 0 spiro atoms. The van der Waals surface area contributed by atoms with Crippen LogP contribution >= 0.6 is 0 Å². The first-order chi connectivity index (χ1) is 9.26. The Kier molecular flexibility index (Phi) is 3.93. The molecular formula is C15H13NO3. The molecule has 1 N–H and O–H groups in total. The molecule has 0 bridgehead atoms. The van der Waals surface area contributed by atoms with Crippen LogP contribution in [0.3, 0.4) is 0 Å². The Morgan fingerprint density at radius 1 is 1.11 bits per heavy atom. The van der Waals surface area contributed by atoms with E-state index in [2.05, 4.69) is 5.32 Å². The van der Waals surface area contributed by atoms with Crippen molar-refractivity contribution in [2.24, 2.45) is 0 Å². The van der Waals surface area contributed by atoms with E-state index in [1.165, 1.54) is 0 Å². The summed E-state index contributed by atoms with van der Waals surface area (Å²) in [5.41, 5.74) is 1.50. The maximum absolute atomic E-state index is 12.3. The van der Waals surface area contributed by atoms with Crippen molar-refractivity contribution in [1.29, 1.82) is 0 Å². The third kappa shape index (κ3) is 2.80. The summed E-state index contributed by atoms with van der Waals surface area (Å²) in [7, 11) is 1.57. The number of amides is 1. The number of hydrogen-bond acceptors (Lipinski definition) is 3. The second-order valence-electron chi connectivity index (χ2n) is 3.87. The lowest BCUT2D eigenvalue weighted by molar-refractivity contribution is -0.105. The van der Waals surface area contributed by atoms with Crippen LogP contribution in [0.2, 0.25) is 0 Å². The number of para-hydroxylation sites is 1. The van der Waals surface area contributed by atoms with E-state index >= 15 is 0 Å². The van der Waals surface area contributed by atoms with Gasteiger partial charge in [0.05, 0.1) is 12.8 Å². The number of nitrogens with one attached hydrogen (secondary N) is 1. The van der Waals surface area contributed by atoms with Gasteiger partial charge in [-0.15, -0.1) is 0 Å². The maximum atomic E-state index is 12.3. The molecule has 4 heteroatoms. The standard InChI is InChI=1S/C15H13NO3/c1-19-12-8-6-11(7-9-12)15(18)13-4-2-3-5-14(13)16-10-17/h2-10H,1H3,(H,16,17). The number of hydrogen-bond donors (Lipinski definition) is 1. The van der Waals surface area contributed by atoms with Crippen LogP contribution < -0.4 is 10.1 Å². The molecule has 19 heavy (non-hydrogen) atoms. The van der Waals surface area contributed by atoms with Crippen LogP contribution in [0.1, 0.15) is 15.9 Å². The second kappa shape index (κ2) is 5.82. The Balaban J connectivity index is 2.35. The highest BCUT2D eigenvalue weighted by molar-refractivity contribution is 6.13. The molecule has 2 rings (SSSR count). The summed E-state index contributed by atoms with van der Waals surface area (Å²) in [6.45, 7) is 0. The van der Waals surface area contributed by atoms with Gasteiger partial charge in [0.1, 0.15) is 5.75 Å². The third-order valence-electron chi connectivity index (χ3n) is 2.74. The van der Waals surface area contributed by atoms with Crippen LogP contribution in [0.15, 0.2) is 48.5 Å². The average Bonchev–Trinajstić information content (AvgIpc) is 2.47. The molecule has 96 valence electrons. The van der Waals surface area contributed by atoms with Gasteiger partial charge in [-0.25, -0.2) is 0 Å². The van der Waals surface area contributed by atoms with Crippen LogP contribution in [0.25, 0.3) is 0 Å². The topological polar surface area (TPSA) is 55.4 Å². The van der Waals surface area contributed by atoms with Crippen molar-refractivity contribution in [2.75, 3.05) is 12.4 Å². The van der Waals surface area contributed by atoms with E-state index < -0.39 is 0 Å². The number of ketones is 1. The number of carbonyl (C=O) groups excluding carboxylic acids is 2. The lowest BCUT2D eigenvalue weighted by atomic mass is 10.0. The van der Waals surface area contributed by atoms with Gasteiger partial charge < -0.3 is 10.1 Å². The van der Waals surface area contributed by atoms with E-state index in [9.17, 15) is 9.59 Å². The van der Waals surface area contributed by atoms with Gasteiger partial charge in [0.2, 0.25) is 6.41 Å². The van der Waals surface area contributed by atoms with E-state index in [4.69, 9.17) is 4.74 Å². The minimum atomic E-state index is -0.146. The molecule has 0 heterocycles. The van der Waals surface area contributed by atoms with Crippen LogP contribution in [0.5, 0.6) is 5.75 Å². The molecule has 0 aliphatic rings. The van der Waals surface area contributed by atoms with E-state index in [1.54, 1.807) is 55.6 Å². The molecule has 0 saturated heterocycles. The minimum absolute atomic E-state index is 0.146. The van der Waals surface area contributed by atoms with Crippen molar-refractivity contribution in [2.45, 2.75) is 0 Å². The zero-order valence-electron chi connectivity index (χ0n) is 10.4. The molecule has 0 aliphatic heterocycles. The summed E-state index contributed by atoms with van der Waals surface area (Å²) < 4.78 is 5.05. The molecule has 1 amide bonds. The van der Waals surface area contributed by atoms with Gasteiger partial charge in [0.15, 0.2) is 5.78 Å². The molecular weight excluding hydrogens is 242 g/mol. The Morgan fingerprint density at radius 3 is 2.42 bits per heavy atom. The zero-order valence-corrected chi connectivity index (χ0v) is 10.4. The van der Waals surface area contributed by atoms with Gasteiger partial charge in [0, 0.05) is 11.1 Å². The normalized spacial score (nSPS) is 9.74. The van der Waals surface area contributed by atoms with Gasteiger partial charge in [-0.05, 0) is 36.4 Å². The Bertz CT molecular complexity index is 591. The summed E-state index contributed by atoms with van der Waals surface area (Å²) in [6.07, 6.45) is 0.556. The van der Waals surface area contributed by atoms with Crippen molar-refractivity contribution in [1.82, 2.24) is 0 Å². The number of carbonyl (C=O) groups is 2. The number of anilines is 1. The van der Waals surface area contributed by atoms with E-state index in [0.29, 0.717) is 29.0 Å². The predicted molar refractivity (Wildman–Crippen MR) is 72.6 cm³/mol. The predicted octanol–water partition coefficient (Wildman–Crippen LogP) is 2.49. The van der Waals surface area contributed by atoms with Gasteiger partial charge in [-0.3, -0.25) is 9.59 Å². The van der Waals surface area contributed by atoms with Crippen molar-refractivity contribution in [3.8, 4) is 5.75 Å². The average molecular weight is 255 g/mol. The minimum Gasteiger partial charge on any atom is -0.497 e. The molecule has 0 aromatic heterocycles.